The quantitative estimate of drug-likeness (QED) is 0.261. The van der Waals surface area contributed by atoms with Crippen molar-refractivity contribution >= 4 is 38.8 Å². The Kier molecular flexibility index (Phi) is 10.2. The number of allylic oxidation sites excluding steroid dienone is 1. The lowest BCUT2D eigenvalue weighted by molar-refractivity contribution is -0.180. The van der Waals surface area contributed by atoms with Crippen molar-refractivity contribution < 1.29 is 23.2 Å². The Balaban J connectivity index is 1.19. The van der Waals surface area contributed by atoms with E-state index in [0.29, 0.717) is 30.6 Å². The average Bonchev–Trinajstić information content (AvgIpc) is 3.25. The molecule has 0 aromatic heterocycles. The van der Waals surface area contributed by atoms with E-state index in [0.717, 1.165) is 107 Å². The zero-order valence-corrected chi connectivity index (χ0v) is 33.5. The molecule has 2 spiro atoms. The predicted molar refractivity (Wildman–Crippen MR) is 215 cm³/mol. The molecule has 3 fully saturated rings. The van der Waals surface area contributed by atoms with E-state index in [1.165, 1.54) is 17.5 Å². The molecule has 8 rings (SSSR count). The van der Waals surface area contributed by atoms with Gasteiger partial charge in [-0.1, -0.05) is 36.7 Å². The third-order valence-electron chi connectivity index (χ3n) is 14.0. The highest BCUT2D eigenvalue weighted by Crippen LogP contribution is 2.50. The number of amides is 1. The number of benzene rings is 2. The van der Waals surface area contributed by atoms with Gasteiger partial charge in [0, 0.05) is 60.6 Å². The Morgan fingerprint density at radius 2 is 1.91 bits per heavy atom. The monoisotopic (exact) mass is 763 g/mol. The number of nitrogens with one attached hydrogen (secondary N) is 1. The van der Waals surface area contributed by atoms with Crippen LogP contribution in [0, 0.1) is 17.8 Å². The molecule has 288 valence electrons. The molecule has 2 aromatic carbocycles. The second-order valence-electron chi connectivity index (χ2n) is 17.2. The van der Waals surface area contributed by atoms with Crippen LogP contribution in [0.3, 0.4) is 0 Å². The zero-order valence-electron chi connectivity index (χ0n) is 31.9. The fourth-order valence-electron chi connectivity index (χ4n) is 10.3. The summed E-state index contributed by atoms with van der Waals surface area (Å²) >= 11 is 6.53. The van der Waals surface area contributed by atoms with Gasteiger partial charge in [-0.05, 0) is 137 Å². The minimum Gasteiger partial charge on any atom is -0.490 e. The molecule has 2 bridgehead atoms. The van der Waals surface area contributed by atoms with Crippen LogP contribution < -0.4 is 14.4 Å². The Morgan fingerprint density at radius 3 is 2.62 bits per heavy atom. The first-order chi connectivity index (χ1) is 25.4. The van der Waals surface area contributed by atoms with Gasteiger partial charge < -0.3 is 19.1 Å². The highest BCUT2D eigenvalue weighted by Gasteiger charge is 2.51. The number of nitrogens with zero attached hydrogens (tertiary/aromatic N) is 2. The maximum atomic E-state index is 14.1. The lowest BCUT2D eigenvalue weighted by Gasteiger charge is -2.54. The maximum Gasteiger partial charge on any atom is 0.262 e. The summed E-state index contributed by atoms with van der Waals surface area (Å²) in [6.07, 6.45) is 14.0. The van der Waals surface area contributed by atoms with E-state index in [-0.39, 0.29) is 28.1 Å². The number of likely N-dealkylation sites (tertiary alicyclic amines) is 1. The van der Waals surface area contributed by atoms with Crippen molar-refractivity contribution in [1.82, 2.24) is 9.62 Å². The molecule has 1 saturated carbocycles. The van der Waals surface area contributed by atoms with Crippen molar-refractivity contribution in [3.05, 3.63) is 70.3 Å². The summed E-state index contributed by atoms with van der Waals surface area (Å²) in [5, 5.41) is 0.440. The number of hydrogen-bond acceptors (Lipinski definition) is 7. The van der Waals surface area contributed by atoms with Crippen molar-refractivity contribution in [3.63, 3.8) is 0 Å². The van der Waals surface area contributed by atoms with Gasteiger partial charge in [0.1, 0.15) is 11.4 Å². The number of fused-ring (bicyclic) bond motifs is 4. The number of aryl methyl sites for hydroxylation is 1. The van der Waals surface area contributed by atoms with Crippen LogP contribution in [-0.4, -0.2) is 89.9 Å². The summed E-state index contributed by atoms with van der Waals surface area (Å²) in [6, 6.07) is 12.1. The second kappa shape index (κ2) is 14.5. The molecule has 4 aliphatic heterocycles. The van der Waals surface area contributed by atoms with Gasteiger partial charge in [0.25, 0.3) is 5.91 Å². The lowest BCUT2D eigenvalue weighted by atomic mass is 9.63. The van der Waals surface area contributed by atoms with Crippen LogP contribution in [0.15, 0.2) is 48.6 Å². The standard InChI is InChI=1S/C43H58ClN3O5S/c1-5-51-43(28-46-21-18-42(19-22-46)20-23-52-42)17-6-8-30(2)31(3)53(4,49)45-40(48)33-11-15-39-38(25-33)47(26-34-10-13-37(34)43)27-41(29-50-39)16-7-9-32-24-35(44)12-14-36(32)41/h6,11-12,14-15,17,24-25,30-31,34,37H,4-5,7-10,13,16,18-23,26-29H2,1-3H3,(H,45,48,49)/b17-6+/t30-,31+,34-,37+,41-,43+,53?/m0/s1. The Labute approximate surface area is 322 Å². The van der Waals surface area contributed by atoms with E-state index in [2.05, 4.69) is 58.5 Å². The molecule has 4 heterocycles. The first-order valence-electron chi connectivity index (χ1n) is 20.1. The normalized spacial score (nSPS) is 36.2. The number of rotatable bonds is 4. The van der Waals surface area contributed by atoms with E-state index >= 15 is 0 Å². The fourth-order valence-corrected chi connectivity index (χ4v) is 12.0. The first-order valence-corrected chi connectivity index (χ1v) is 22.3. The summed E-state index contributed by atoms with van der Waals surface area (Å²) in [6.45, 7) is 12.7. The van der Waals surface area contributed by atoms with Gasteiger partial charge >= 0.3 is 0 Å². The number of halogens is 1. The van der Waals surface area contributed by atoms with Crippen molar-refractivity contribution in [3.8, 4) is 5.75 Å². The van der Waals surface area contributed by atoms with Crippen LogP contribution in [0.1, 0.15) is 93.6 Å². The van der Waals surface area contributed by atoms with Gasteiger partial charge in [-0.2, -0.15) is 0 Å². The van der Waals surface area contributed by atoms with E-state index in [1.54, 1.807) is 6.07 Å². The zero-order chi connectivity index (χ0) is 37.0. The minimum atomic E-state index is -2.96. The highest BCUT2D eigenvalue weighted by molar-refractivity contribution is 7.99. The van der Waals surface area contributed by atoms with Crippen LogP contribution >= 0.6 is 11.6 Å². The van der Waals surface area contributed by atoms with Crippen LogP contribution in [0.5, 0.6) is 5.75 Å². The molecule has 1 unspecified atom stereocenters. The largest absolute Gasteiger partial charge is 0.490 e. The van der Waals surface area contributed by atoms with Crippen molar-refractivity contribution in [2.75, 3.05) is 57.4 Å². The predicted octanol–water partition coefficient (Wildman–Crippen LogP) is 7.22. The number of anilines is 1. The van der Waals surface area contributed by atoms with Crippen LogP contribution in [-0.2, 0) is 31.0 Å². The molecule has 1 amide bonds. The van der Waals surface area contributed by atoms with E-state index < -0.39 is 15.3 Å². The molecule has 7 atom stereocenters. The molecule has 1 N–H and O–H groups in total. The number of ether oxygens (including phenoxy) is 3. The lowest BCUT2D eigenvalue weighted by Crippen LogP contribution is -2.60. The fraction of sp³-hybridized carbons (Fsp3) is 0.628. The highest BCUT2D eigenvalue weighted by atomic mass is 35.5. The Hall–Kier alpha value is -2.56. The molecule has 6 aliphatic rings. The smallest absolute Gasteiger partial charge is 0.262 e. The van der Waals surface area contributed by atoms with Gasteiger partial charge in [-0.15, -0.1) is 0 Å². The Bertz CT molecular complexity index is 1840. The van der Waals surface area contributed by atoms with Crippen molar-refractivity contribution in [1.29, 1.82) is 0 Å². The van der Waals surface area contributed by atoms with Gasteiger partial charge in [0.05, 0.1) is 34.2 Å². The van der Waals surface area contributed by atoms with Crippen LogP contribution in [0.25, 0.3) is 0 Å². The average molecular weight is 764 g/mol. The topological polar surface area (TPSA) is 80.3 Å². The molecular weight excluding hydrogens is 706 g/mol. The number of carbonyl (C=O) groups is 1. The molecule has 2 saturated heterocycles. The first kappa shape index (κ1) is 37.4. The second-order valence-corrected chi connectivity index (χ2v) is 20.0. The molecule has 2 aromatic rings. The minimum absolute atomic E-state index is 0.0342. The van der Waals surface area contributed by atoms with E-state index in [9.17, 15) is 9.00 Å². The summed E-state index contributed by atoms with van der Waals surface area (Å²) in [4.78, 5) is 19.0. The molecule has 2 aliphatic carbocycles. The third-order valence-corrected chi connectivity index (χ3v) is 16.4. The molecule has 53 heavy (non-hydrogen) atoms. The number of carbonyl (C=O) groups excluding carboxylic acids is 1. The molecule has 8 nitrogen and oxygen atoms in total. The summed E-state index contributed by atoms with van der Waals surface area (Å²) < 4.78 is 36.8. The van der Waals surface area contributed by atoms with Crippen molar-refractivity contribution in [2.24, 2.45) is 17.8 Å². The van der Waals surface area contributed by atoms with Crippen LogP contribution in [0.4, 0.5) is 5.69 Å². The van der Waals surface area contributed by atoms with E-state index in [1.807, 2.05) is 25.1 Å². The van der Waals surface area contributed by atoms with Gasteiger partial charge in [-0.25, -0.2) is 4.21 Å². The third kappa shape index (κ3) is 7.07. The molecule has 10 heteroatoms. The Morgan fingerprint density at radius 1 is 1.09 bits per heavy atom. The van der Waals surface area contributed by atoms with E-state index in [4.69, 9.17) is 25.8 Å². The van der Waals surface area contributed by atoms with Crippen molar-refractivity contribution in [2.45, 2.75) is 100 Å². The summed E-state index contributed by atoms with van der Waals surface area (Å²) in [7, 11) is -2.96. The molecular formula is C43H58ClN3O5S. The maximum absolute atomic E-state index is 14.1. The number of hydrogen-bond donors (Lipinski definition) is 1. The number of piperidine rings is 1. The van der Waals surface area contributed by atoms with Gasteiger partial charge in [0.2, 0.25) is 0 Å². The van der Waals surface area contributed by atoms with Gasteiger partial charge in [0.15, 0.2) is 0 Å². The molecule has 0 radical (unpaired) electrons. The van der Waals surface area contributed by atoms with Crippen LogP contribution in [0.2, 0.25) is 5.02 Å². The SMILES string of the molecule is C=S1(=O)NC(=O)c2ccc3c(c2)N(C[C@@H]2CC[C@H]2[C@@](CN2CCC4(CCO4)CC2)(OCC)/C=C/C[C@H](C)[C@H]1C)C[C@@]1(CCCc2cc(Cl)ccc21)CO3. The summed E-state index contributed by atoms with van der Waals surface area (Å²) in [5.41, 5.74) is 3.43. The van der Waals surface area contributed by atoms with Gasteiger partial charge in [-0.3, -0.25) is 14.4 Å². The summed E-state index contributed by atoms with van der Waals surface area (Å²) in [5.74, 6) is 5.25.